The molecule has 0 aliphatic heterocycles. The fraction of sp³-hybridized carbons (Fsp3) is 1.00. The third-order valence-electron chi connectivity index (χ3n) is 1.32. The first kappa shape index (κ1) is 15.4. The second-order valence-electron chi connectivity index (χ2n) is 2.67. The van der Waals surface area contributed by atoms with Gasteiger partial charge in [0.2, 0.25) is 0 Å². The second kappa shape index (κ2) is 8.55. The molecule has 15 heavy (non-hydrogen) atoms. The summed E-state index contributed by atoms with van der Waals surface area (Å²) < 4.78 is 25.7. The van der Waals surface area contributed by atoms with Crippen molar-refractivity contribution in [2.45, 2.75) is 0 Å². The van der Waals surface area contributed by atoms with Crippen molar-refractivity contribution in [3.8, 4) is 0 Å². The van der Waals surface area contributed by atoms with E-state index in [-0.39, 0.29) is 13.2 Å². The van der Waals surface area contributed by atoms with Gasteiger partial charge in [-0.15, -0.1) is 23.2 Å². The summed E-state index contributed by atoms with van der Waals surface area (Å²) in [5.41, 5.74) is 0. The van der Waals surface area contributed by atoms with Crippen LogP contribution in [-0.4, -0.2) is 57.8 Å². The average Bonchev–Trinajstić information content (AvgIpc) is 2.11. The molecule has 0 unspecified atom stereocenters. The number of hydrogen-bond donors (Lipinski definition) is 0. The predicted molar refractivity (Wildman–Crippen MR) is 59.8 cm³/mol. The first-order valence-corrected chi connectivity index (χ1v) is 7.22. The molecule has 5 nitrogen and oxygen atoms in total. The number of alkyl halides is 2. The maximum absolute atomic E-state index is 10.6. The Morgan fingerprint density at radius 2 is 1.67 bits per heavy atom. The highest BCUT2D eigenvalue weighted by Crippen LogP contribution is 1.95. The Balaban J connectivity index is 3.61. The molecule has 0 aliphatic carbocycles. The van der Waals surface area contributed by atoms with E-state index in [9.17, 15) is 8.42 Å². The highest BCUT2D eigenvalue weighted by molar-refractivity contribution is 7.85. The first-order chi connectivity index (χ1) is 6.99. The maximum Gasteiger partial charge on any atom is 0.264 e. The molecule has 0 saturated carbocycles. The molecule has 0 radical (unpaired) electrons. The minimum Gasteiger partial charge on any atom is -0.296 e. The smallest absolute Gasteiger partial charge is 0.264 e. The largest absolute Gasteiger partial charge is 0.296 e. The van der Waals surface area contributed by atoms with Crippen molar-refractivity contribution in [3.63, 3.8) is 0 Å². The zero-order valence-electron chi connectivity index (χ0n) is 8.49. The van der Waals surface area contributed by atoms with Crippen molar-refractivity contribution in [1.29, 1.82) is 0 Å². The van der Waals surface area contributed by atoms with Gasteiger partial charge in [-0.05, 0) is 0 Å². The van der Waals surface area contributed by atoms with Crippen LogP contribution in [0, 0.1) is 0 Å². The Morgan fingerprint density at radius 3 is 2.07 bits per heavy atom. The molecule has 0 saturated heterocycles. The molecular formula is C7H15Cl2NO4S. The summed E-state index contributed by atoms with van der Waals surface area (Å²) in [6, 6.07) is 0. The first-order valence-electron chi connectivity index (χ1n) is 4.34. The number of rotatable bonds is 9. The van der Waals surface area contributed by atoms with Gasteiger partial charge in [-0.3, -0.25) is 9.02 Å². The molecule has 0 bridgehead atoms. The quantitative estimate of drug-likeness (QED) is 0.269. The van der Waals surface area contributed by atoms with Crippen LogP contribution < -0.4 is 0 Å². The van der Waals surface area contributed by atoms with E-state index in [1.165, 1.54) is 0 Å². The van der Waals surface area contributed by atoms with E-state index < -0.39 is 10.1 Å². The SMILES string of the molecule is CS(=O)(=O)OCCON(CCCl)CCCl. The van der Waals surface area contributed by atoms with Gasteiger partial charge in [0.1, 0.15) is 0 Å². The maximum atomic E-state index is 10.6. The third kappa shape index (κ3) is 10.7. The van der Waals surface area contributed by atoms with Gasteiger partial charge < -0.3 is 0 Å². The lowest BCUT2D eigenvalue weighted by atomic mass is 10.6. The van der Waals surface area contributed by atoms with Crippen molar-refractivity contribution < 1.29 is 17.4 Å². The Kier molecular flexibility index (Phi) is 8.78. The predicted octanol–water partition coefficient (Wildman–Crippen LogP) is 0.674. The summed E-state index contributed by atoms with van der Waals surface area (Å²) >= 11 is 11.1. The molecule has 0 heterocycles. The molecular weight excluding hydrogens is 265 g/mol. The molecule has 0 fully saturated rings. The van der Waals surface area contributed by atoms with Crippen LogP contribution in [0.5, 0.6) is 0 Å². The lowest BCUT2D eigenvalue weighted by molar-refractivity contribution is -0.156. The standard InChI is InChI=1S/C7H15Cl2NO4S/c1-15(11,12)14-7-6-13-10(4-2-8)5-3-9/h2-7H2,1H3. The van der Waals surface area contributed by atoms with Gasteiger partial charge in [0.15, 0.2) is 0 Å². The van der Waals surface area contributed by atoms with Gasteiger partial charge >= 0.3 is 0 Å². The molecule has 0 aromatic rings. The second-order valence-corrected chi connectivity index (χ2v) is 5.07. The van der Waals surface area contributed by atoms with Gasteiger partial charge in [-0.1, -0.05) is 0 Å². The Hall–Kier alpha value is 0.410. The van der Waals surface area contributed by atoms with E-state index in [1.54, 1.807) is 5.06 Å². The molecule has 0 rings (SSSR count). The normalized spacial score (nSPS) is 12.3. The summed E-state index contributed by atoms with van der Waals surface area (Å²) in [5, 5.41) is 1.58. The minimum absolute atomic E-state index is 0.0140. The van der Waals surface area contributed by atoms with Crippen LogP contribution >= 0.6 is 23.2 Å². The molecule has 8 heteroatoms. The summed E-state index contributed by atoms with van der Waals surface area (Å²) in [6.45, 7) is 1.21. The summed E-state index contributed by atoms with van der Waals surface area (Å²) in [4.78, 5) is 5.19. The van der Waals surface area contributed by atoms with Crippen molar-refractivity contribution in [1.82, 2.24) is 5.06 Å². The fourth-order valence-corrected chi connectivity index (χ4v) is 1.53. The fourth-order valence-electron chi connectivity index (χ4n) is 0.781. The van der Waals surface area contributed by atoms with Gasteiger partial charge in [-0.2, -0.15) is 13.5 Å². The topological polar surface area (TPSA) is 55.8 Å². The lowest BCUT2D eigenvalue weighted by Crippen LogP contribution is -2.29. The lowest BCUT2D eigenvalue weighted by Gasteiger charge is -2.19. The van der Waals surface area contributed by atoms with Crippen LogP contribution in [0.25, 0.3) is 0 Å². The van der Waals surface area contributed by atoms with E-state index in [4.69, 9.17) is 28.0 Å². The third-order valence-corrected chi connectivity index (χ3v) is 2.26. The highest BCUT2D eigenvalue weighted by atomic mass is 35.5. The number of halogens is 2. The average molecular weight is 280 g/mol. The van der Waals surface area contributed by atoms with Crippen LogP contribution in [0.3, 0.4) is 0 Å². The molecule has 0 aliphatic rings. The van der Waals surface area contributed by atoms with Crippen molar-refractivity contribution >= 4 is 33.3 Å². The van der Waals surface area contributed by atoms with Crippen molar-refractivity contribution in [2.75, 3.05) is 44.3 Å². The molecule has 0 amide bonds. The Morgan fingerprint density at radius 1 is 1.13 bits per heavy atom. The molecule has 0 N–H and O–H groups in total. The highest BCUT2D eigenvalue weighted by Gasteiger charge is 2.05. The van der Waals surface area contributed by atoms with E-state index in [1.807, 2.05) is 0 Å². The van der Waals surface area contributed by atoms with Crippen LogP contribution in [0.4, 0.5) is 0 Å². The zero-order valence-corrected chi connectivity index (χ0v) is 10.8. The van der Waals surface area contributed by atoms with E-state index in [0.29, 0.717) is 24.8 Å². The van der Waals surface area contributed by atoms with Crippen LogP contribution in [0.1, 0.15) is 0 Å². The van der Waals surface area contributed by atoms with Crippen molar-refractivity contribution in [3.05, 3.63) is 0 Å². The van der Waals surface area contributed by atoms with E-state index in [2.05, 4.69) is 4.18 Å². The molecule has 0 aromatic heterocycles. The molecule has 92 valence electrons. The van der Waals surface area contributed by atoms with Gasteiger partial charge in [-0.25, -0.2) is 0 Å². The molecule has 0 atom stereocenters. The van der Waals surface area contributed by atoms with Crippen LogP contribution in [-0.2, 0) is 19.1 Å². The summed E-state index contributed by atoms with van der Waals surface area (Å²) in [7, 11) is -3.40. The van der Waals surface area contributed by atoms with Gasteiger partial charge in [0, 0.05) is 24.8 Å². The van der Waals surface area contributed by atoms with E-state index in [0.717, 1.165) is 6.26 Å². The van der Waals surface area contributed by atoms with E-state index >= 15 is 0 Å². The van der Waals surface area contributed by atoms with Gasteiger partial charge in [0.25, 0.3) is 10.1 Å². The summed E-state index contributed by atoms with van der Waals surface area (Å²) in [6.07, 6.45) is 0.988. The minimum atomic E-state index is -3.40. The number of nitrogens with zero attached hydrogens (tertiary/aromatic N) is 1. The van der Waals surface area contributed by atoms with Crippen molar-refractivity contribution in [2.24, 2.45) is 0 Å². The Labute approximate surface area is 100 Å². The molecule has 0 aromatic carbocycles. The summed E-state index contributed by atoms with van der Waals surface area (Å²) in [5.74, 6) is 0.841. The monoisotopic (exact) mass is 279 g/mol. The molecule has 0 spiro atoms. The number of hydrogen-bond acceptors (Lipinski definition) is 5. The van der Waals surface area contributed by atoms with Gasteiger partial charge in [0.05, 0.1) is 19.5 Å². The van der Waals surface area contributed by atoms with Crippen LogP contribution in [0.15, 0.2) is 0 Å². The Bertz CT molecular complexity index is 241. The number of hydroxylamine groups is 2. The zero-order chi connectivity index (χ0) is 11.7. The van der Waals surface area contributed by atoms with Crippen LogP contribution in [0.2, 0.25) is 0 Å².